The third-order valence-electron chi connectivity index (χ3n) is 10.1. The SMILES string of the molecule is CC1(C)CC(O)CC(C)(C)N1[Si](c1ccccc1)(N1C(C)(C)CC(O)CC1(C)C)N1C(C)(C)CC(O)CC1(C)C. The molecule has 0 atom stereocenters. The van der Waals surface area contributed by atoms with Crippen molar-refractivity contribution in [3.05, 3.63) is 30.3 Å². The van der Waals surface area contributed by atoms with Gasteiger partial charge in [-0.3, -0.25) is 13.7 Å². The second-order valence-corrected chi connectivity index (χ2v) is 20.3. The summed E-state index contributed by atoms with van der Waals surface area (Å²) in [6.07, 6.45) is 3.11. The predicted octanol–water partition coefficient (Wildman–Crippen LogP) is 4.87. The Bertz CT molecular complexity index is 911. The Morgan fingerprint density at radius 2 is 0.700 bits per heavy atom. The van der Waals surface area contributed by atoms with Crippen LogP contribution in [0.15, 0.2) is 30.3 Å². The van der Waals surface area contributed by atoms with E-state index in [4.69, 9.17) is 0 Å². The maximum atomic E-state index is 11.2. The molecule has 6 nitrogen and oxygen atoms in total. The number of benzene rings is 1. The molecular formula is C33H59N3O3Si. The van der Waals surface area contributed by atoms with E-state index >= 15 is 0 Å². The van der Waals surface area contributed by atoms with Crippen LogP contribution >= 0.6 is 0 Å². The zero-order valence-electron chi connectivity index (χ0n) is 27.5. The summed E-state index contributed by atoms with van der Waals surface area (Å²) in [5, 5.41) is 35.0. The Morgan fingerprint density at radius 3 is 0.925 bits per heavy atom. The third-order valence-corrected chi connectivity index (χ3v) is 16.8. The van der Waals surface area contributed by atoms with Gasteiger partial charge >= 0.3 is 8.56 Å². The molecule has 3 fully saturated rings. The minimum absolute atomic E-state index is 0.312. The summed E-state index contributed by atoms with van der Waals surface area (Å²) in [6, 6.07) is 11.2. The Balaban J connectivity index is 2.25. The van der Waals surface area contributed by atoms with Gasteiger partial charge in [0.25, 0.3) is 0 Å². The van der Waals surface area contributed by atoms with Gasteiger partial charge in [-0.2, -0.15) is 0 Å². The molecule has 0 unspecified atom stereocenters. The van der Waals surface area contributed by atoms with Crippen molar-refractivity contribution in [3.63, 3.8) is 0 Å². The lowest BCUT2D eigenvalue weighted by Crippen LogP contribution is -2.96. The van der Waals surface area contributed by atoms with Crippen LogP contribution in [0.3, 0.4) is 0 Å². The Kier molecular flexibility index (Phi) is 7.92. The summed E-state index contributed by atoms with van der Waals surface area (Å²) < 4.78 is 8.62. The highest BCUT2D eigenvalue weighted by atomic mass is 28.4. The van der Waals surface area contributed by atoms with Gasteiger partial charge in [0, 0.05) is 33.2 Å². The molecule has 4 rings (SSSR count). The highest BCUT2D eigenvalue weighted by Gasteiger charge is 2.72. The lowest BCUT2D eigenvalue weighted by molar-refractivity contribution is -0.111. The fourth-order valence-corrected chi connectivity index (χ4v) is 18.2. The molecule has 0 spiro atoms. The van der Waals surface area contributed by atoms with Gasteiger partial charge < -0.3 is 15.3 Å². The molecule has 7 heteroatoms. The van der Waals surface area contributed by atoms with Gasteiger partial charge in [0.2, 0.25) is 0 Å². The molecule has 228 valence electrons. The van der Waals surface area contributed by atoms with Gasteiger partial charge in [-0.25, -0.2) is 0 Å². The first-order valence-corrected chi connectivity index (χ1v) is 17.4. The van der Waals surface area contributed by atoms with Crippen LogP contribution < -0.4 is 5.19 Å². The highest BCUT2D eigenvalue weighted by molar-refractivity contribution is 6.85. The van der Waals surface area contributed by atoms with Gasteiger partial charge in [-0.05, 0) is 127 Å². The molecule has 0 aliphatic carbocycles. The van der Waals surface area contributed by atoms with Crippen LogP contribution in [0.1, 0.15) is 122 Å². The van der Waals surface area contributed by atoms with E-state index in [9.17, 15) is 15.3 Å². The highest BCUT2D eigenvalue weighted by Crippen LogP contribution is 2.55. The number of piperidine rings is 3. The summed E-state index contributed by atoms with van der Waals surface area (Å²) >= 11 is 0. The average molecular weight is 574 g/mol. The van der Waals surface area contributed by atoms with E-state index < -0.39 is 8.56 Å². The van der Waals surface area contributed by atoms with Crippen LogP contribution in [0, 0.1) is 0 Å². The van der Waals surface area contributed by atoms with Gasteiger partial charge in [-0.1, -0.05) is 30.3 Å². The standard InChI is InChI=1S/C33H59N3O3Si/c1-28(2)18-24(37)19-29(3,4)34(28)40(27-16-14-13-15-17-27,35-30(5,6)20-25(38)21-31(35,7)8)36-32(9,10)22-26(39)23-33(36,11)12/h13-17,24-26,37-39H,18-23H2,1-12H3. The Labute approximate surface area is 246 Å². The van der Waals surface area contributed by atoms with E-state index in [2.05, 4.69) is 127 Å². The lowest BCUT2D eigenvalue weighted by atomic mass is 9.80. The van der Waals surface area contributed by atoms with E-state index in [1.54, 1.807) is 0 Å². The Morgan fingerprint density at radius 1 is 0.475 bits per heavy atom. The normalized spacial score (nSPS) is 29.9. The number of aliphatic hydroxyl groups excluding tert-OH is 3. The van der Waals surface area contributed by atoms with Crippen molar-refractivity contribution in [1.82, 2.24) is 13.7 Å². The second-order valence-electron chi connectivity index (χ2n) is 17.1. The first-order chi connectivity index (χ1) is 18.0. The smallest absolute Gasteiger partial charge is 0.326 e. The maximum absolute atomic E-state index is 11.2. The number of nitrogens with zero attached hydrogens (tertiary/aromatic N) is 3. The molecular weight excluding hydrogens is 514 g/mol. The summed E-state index contributed by atoms with van der Waals surface area (Å²) in [5.41, 5.74) is -1.87. The van der Waals surface area contributed by atoms with Crippen LogP contribution in [0.25, 0.3) is 0 Å². The van der Waals surface area contributed by atoms with Crippen LogP contribution in [-0.4, -0.2) is 89.1 Å². The number of aliphatic hydroxyl groups is 3. The number of hydrogen-bond acceptors (Lipinski definition) is 6. The first-order valence-electron chi connectivity index (χ1n) is 15.5. The fourth-order valence-electron chi connectivity index (χ4n) is 10.6. The van der Waals surface area contributed by atoms with Gasteiger partial charge in [-0.15, -0.1) is 0 Å². The molecule has 0 amide bonds. The van der Waals surface area contributed by atoms with Crippen molar-refractivity contribution >= 4 is 13.7 Å². The Hall–Kier alpha value is -0.803. The van der Waals surface area contributed by atoms with Crippen molar-refractivity contribution in [2.24, 2.45) is 0 Å². The fraction of sp³-hybridized carbons (Fsp3) is 0.818. The van der Waals surface area contributed by atoms with E-state index in [-0.39, 0.29) is 51.5 Å². The molecule has 3 aliphatic heterocycles. The van der Waals surface area contributed by atoms with Crippen molar-refractivity contribution in [2.45, 2.75) is 173 Å². The van der Waals surface area contributed by atoms with Gasteiger partial charge in [0.05, 0.1) is 18.3 Å². The van der Waals surface area contributed by atoms with E-state index in [0.717, 1.165) is 0 Å². The van der Waals surface area contributed by atoms with Crippen molar-refractivity contribution in [1.29, 1.82) is 0 Å². The minimum atomic E-state index is -3.20. The van der Waals surface area contributed by atoms with Crippen LogP contribution in [-0.2, 0) is 0 Å². The molecule has 3 N–H and O–H groups in total. The lowest BCUT2D eigenvalue weighted by Gasteiger charge is -2.75. The summed E-state index contributed by atoms with van der Waals surface area (Å²) in [6.45, 7) is 28.0. The topological polar surface area (TPSA) is 70.4 Å². The molecule has 3 heterocycles. The van der Waals surface area contributed by atoms with Crippen LogP contribution in [0.5, 0.6) is 0 Å². The summed E-state index contributed by atoms with van der Waals surface area (Å²) in [4.78, 5) is 0. The molecule has 1 aromatic rings. The molecule has 40 heavy (non-hydrogen) atoms. The zero-order chi connectivity index (χ0) is 30.3. The minimum Gasteiger partial charge on any atom is -0.393 e. The quantitative estimate of drug-likeness (QED) is 0.447. The van der Waals surface area contributed by atoms with E-state index in [1.807, 2.05) is 0 Å². The zero-order valence-corrected chi connectivity index (χ0v) is 28.5. The largest absolute Gasteiger partial charge is 0.393 e. The molecule has 0 bridgehead atoms. The van der Waals surface area contributed by atoms with Gasteiger partial charge in [0.1, 0.15) is 0 Å². The number of rotatable bonds is 4. The molecule has 3 saturated heterocycles. The summed E-state index contributed by atoms with van der Waals surface area (Å²) in [7, 11) is -3.20. The molecule has 0 saturated carbocycles. The molecule has 1 aromatic carbocycles. The average Bonchev–Trinajstić information content (AvgIpc) is 2.67. The molecule has 3 aliphatic rings. The van der Waals surface area contributed by atoms with E-state index in [1.165, 1.54) is 5.19 Å². The summed E-state index contributed by atoms with van der Waals surface area (Å²) in [5.74, 6) is 0. The first kappa shape index (κ1) is 32.1. The predicted molar refractivity (Wildman–Crippen MR) is 168 cm³/mol. The van der Waals surface area contributed by atoms with Crippen LogP contribution in [0.2, 0.25) is 0 Å². The molecule has 0 aromatic heterocycles. The maximum Gasteiger partial charge on any atom is 0.326 e. The van der Waals surface area contributed by atoms with Crippen molar-refractivity contribution < 1.29 is 15.3 Å². The van der Waals surface area contributed by atoms with Crippen molar-refractivity contribution in [3.8, 4) is 0 Å². The second kappa shape index (κ2) is 9.86. The monoisotopic (exact) mass is 573 g/mol. The van der Waals surface area contributed by atoms with Crippen LogP contribution in [0.4, 0.5) is 0 Å². The van der Waals surface area contributed by atoms with Gasteiger partial charge in [0.15, 0.2) is 0 Å². The molecule has 0 radical (unpaired) electrons. The van der Waals surface area contributed by atoms with E-state index in [0.29, 0.717) is 38.5 Å². The number of hydrogen-bond donors (Lipinski definition) is 3. The van der Waals surface area contributed by atoms with Crippen molar-refractivity contribution in [2.75, 3.05) is 0 Å². The third kappa shape index (κ3) is 5.16.